The van der Waals surface area contributed by atoms with Gasteiger partial charge in [-0.15, -0.1) is 6.58 Å². The molecular weight excluding hydrogens is 186 g/mol. The molecule has 0 bridgehead atoms. The standard InChI is InChI=1S/C10H10ClNO/c1-2-9(12-10(11)13)8-6-4-3-5-7-8/h2-7,9H,1H2,(H,12,13). The molecule has 0 heterocycles. The minimum atomic E-state index is -0.575. The SMILES string of the molecule is C=CC(NC(=O)Cl)c1ccccc1. The van der Waals surface area contributed by atoms with E-state index in [2.05, 4.69) is 11.9 Å². The summed E-state index contributed by atoms with van der Waals surface area (Å²) in [6.45, 7) is 3.62. The van der Waals surface area contributed by atoms with Crippen LogP contribution in [0.2, 0.25) is 0 Å². The van der Waals surface area contributed by atoms with Crippen LogP contribution in [0.3, 0.4) is 0 Å². The molecule has 13 heavy (non-hydrogen) atoms. The highest BCUT2D eigenvalue weighted by atomic mass is 35.5. The van der Waals surface area contributed by atoms with E-state index in [1.165, 1.54) is 0 Å². The fourth-order valence-electron chi connectivity index (χ4n) is 1.06. The second kappa shape index (κ2) is 4.67. The lowest BCUT2D eigenvalue weighted by Gasteiger charge is -2.12. The van der Waals surface area contributed by atoms with E-state index in [1.807, 2.05) is 30.3 Å². The van der Waals surface area contributed by atoms with E-state index >= 15 is 0 Å². The number of hydrogen-bond donors (Lipinski definition) is 1. The summed E-state index contributed by atoms with van der Waals surface area (Å²) in [6.07, 6.45) is 1.63. The van der Waals surface area contributed by atoms with Gasteiger partial charge in [0, 0.05) is 0 Å². The first-order valence-corrected chi connectivity index (χ1v) is 4.25. The maximum absolute atomic E-state index is 10.6. The molecule has 1 aromatic carbocycles. The molecular formula is C10H10ClNO. The van der Waals surface area contributed by atoms with Crippen LogP contribution in [0.1, 0.15) is 11.6 Å². The molecule has 0 aliphatic heterocycles. The quantitative estimate of drug-likeness (QED) is 0.449. The van der Waals surface area contributed by atoms with Gasteiger partial charge in [0.1, 0.15) is 0 Å². The third-order valence-electron chi connectivity index (χ3n) is 1.66. The number of halogens is 1. The Labute approximate surface area is 82.2 Å². The van der Waals surface area contributed by atoms with Crippen molar-refractivity contribution in [2.45, 2.75) is 6.04 Å². The summed E-state index contributed by atoms with van der Waals surface area (Å²) in [5, 5.41) is 1.98. The van der Waals surface area contributed by atoms with Crippen LogP contribution in [0.15, 0.2) is 43.0 Å². The van der Waals surface area contributed by atoms with Crippen molar-refractivity contribution in [3.8, 4) is 0 Å². The van der Waals surface area contributed by atoms with Crippen LogP contribution in [-0.4, -0.2) is 5.37 Å². The average molecular weight is 196 g/mol. The van der Waals surface area contributed by atoms with Gasteiger partial charge in [-0.1, -0.05) is 36.4 Å². The molecule has 0 aliphatic rings. The normalized spacial score (nSPS) is 11.8. The Balaban J connectivity index is 2.78. The molecule has 1 rings (SSSR count). The van der Waals surface area contributed by atoms with E-state index in [1.54, 1.807) is 6.08 Å². The van der Waals surface area contributed by atoms with Crippen LogP contribution in [-0.2, 0) is 0 Å². The van der Waals surface area contributed by atoms with Gasteiger partial charge in [-0.2, -0.15) is 0 Å². The third kappa shape index (κ3) is 2.92. The monoisotopic (exact) mass is 195 g/mol. The predicted octanol–water partition coefficient (Wildman–Crippen LogP) is 2.86. The van der Waals surface area contributed by atoms with E-state index in [-0.39, 0.29) is 6.04 Å². The van der Waals surface area contributed by atoms with Gasteiger partial charge in [-0.3, -0.25) is 4.79 Å². The number of rotatable bonds is 3. The molecule has 0 radical (unpaired) electrons. The summed E-state index contributed by atoms with van der Waals surface area (Å²) in [6, 6.07) is 9.29. The summed E-state index contributed by atoms with van der Waals surface area (Å²) >= 11 is 5.20. The van der Waals surface area contributed by atoms with E-state index in [0.717, 1.165) is 5.56 Å². The van der Waals surface area contributed by atoms with Crippen LogP contribution in [0.5, 0.6) is 0 Å². The van der Waals surface area contributed by atoms with Crippen molar-refractivity contribution in [2.75, 3.05) is 0 Å². The molecule has 0 aliphatic carbocycles. The first-order valence-electron chi connectivity index (χ1n) is 3.87. The Morgan fingerprint density at radius 3 is 2.54 bits per heavy atom. The van der Waals surface area contributed by atoms with E-state index < -0.39 is 5.37 Å². The molecule has 1 N–H and O–H groups in total. The van der Waals surface area contributed by atoms with Crippen molar-refractivity contribution in [2.24, 2.45) is 0 Å². The third-order valence-corrected chi connectivity index (χ3v) is 1.77. The largest absolute Gasteiger partial charge is 0.332 e. The molecule has 1 atom stereocenters. The van der Waals surface area contributed by atoms with Gasteiger partial charge < -0.3 is 5.32 Å². The summed E-state index contributed by atoms with van der Waals surface area (Å²) < 4.78 is 0. The second-order valence-electron chi connectivity index (χ2n) is 2.54. The van der Waals surface area contributed by atoms with Gasteiger partial charge in [-0.25, -0.2) is 0 Å². The topological polar surface area (TPSA) is 29.1 Å². The Kier molecular flexibility index (Phi) is 3.53. The second-order valence-corrected chi connectivity index (χ2v) is 2.89. The number of amides is 1. The lowest BCUT2D eigenvalue weighted by atomic mass is 10.1. The number of carbonyl (C=O) groups is 1. The van der Waals surface area contributed by atoms with E-state index in [9.17, 15) is 4.79 Å². The molecule has 0 saturated heterocycles. The summed E-state index contributed by atoms with van der Waals surface area (Å²) in [5.41, 5.74) is 0.964. The fourth-order valence-corrected chi connectivity index (χ4v) is 1.18. The van der Waals surface area contributed by atoms with Crippen LogP contribution in [0, 0.1) is 0 Å². The van der Waals surface area contributed by atoms with E-state index in [0.29, 0.717) is 0 Å². The molecule has 2 nitrogen and oxygen atoms in total. The van der Waals surface area contributed by atoms with Crippen LogP contribution >= 0.6 is 11.6 Å². The Morgan fingerprint density at radius 2 is 2.08 bits per heavy atom. The van der Waals surface area contributed by atoms with Gasteiger partial charge >= 0.3 is 5.37 Å². The van der Waals surface area contributed by atoms with Gasteiger partial charge in [0.05, 0.1) is 6.04 Å². The number of hydrogen-bond acceptors (Lipinski definition) is 1. The highest BCUT2D eigenvalue weighted by Crippen LogP contribution is 2.13. The molecule has 0 fully saturated rings. The lowest BCUT2D eigenvalue weighted by Crippen LogP contribution is -2.21. The van der Waals surface area contributed by atoms with Crippen molar-refractivity contribution in [3.05, 3.63) is 48.6 Å². The maximum atomic E-state index is 10.6. The predicted molar refractivity (Wildman–Crippen MR) is 53.8 cm³/mol. The molecule has 1 aromatic rings. The van der Waals surface area contributed by atoms with Crippen LogP contribution in [0.25, 0.3) is 0 Å². The zero-order chi connectivity index (χ0) is 9.68. The molecule has 0 aromatic heterocycles. The van der Waals surface area contributed by atoms with Crippen molar-refractivity contribution in [1.82, 2.24) is 5.32 Å². The van der Waals surface area contributed by atoms with Gasteiger partial charge in [0.2, 0.25) is 0 Å². The van der Waals surface area contributed by atoms with Crippen molar-refractivity contribution in [1.29, 1.82) is 0 Å². The van der Waals surface area contributed by atoms with E-state index in [4.69, 9.17) is 11.6 Å². The first kappa shape index (κ1) is 9.81. The number of carbonyl (C=O) groups excluding carboxylic acids is 1. The molecule has 68 valence electrons. The van der Waals surface area contributed by atoms with Gasteiger partial charge in [0.25, 0.3) is 0 Å². The molecule has 1 amide bonds. The summed E-state index contributed by atoms with van der Waals surface area (Å²) in [7, 11) is 0. The summed E-state index contributed by atoms with van der Waals surface area (Å²) in [5.74, 6) is 0. The van der Waals surface area contributed by atoms with Crippen LogP contribution in [0.4, 0.5) is 4.79 Å². The number of benzene rings is 1. The van der Waals surface area contributed by atoms with Gasteiger partial charge in [-0.05, 0) is 17.2 Å². The highest BCUT2D eigenvalue weighted by Gasteiger charge is 2.07. The van der Waals surface area contributed by atoms with Crippen molar-refractivity contribution >= 4 is 17.0 Å². The lowest BCUT2D eigenvalue weighted by molar-refractivity contribution is 0.258. The molecule has 0 spiro atoms. The Morgan fingerprint density at radius 1 is 1.46 bits per heavy atom. The average Bonchev–Trinajstić information content (AvgIpc) is 2.15. The summed E-state index contributed by atoms with van der Waals surface area (Å²) in [4.78, 5) is 10.6. The Hall–Kier alpha value is -1.28. The van der Waals surface area contributed by atoms with Crippen molar-refractivity contribution in [3.63, 3.8) is 0 Å². The smallest absolute Gasteiger partial charge is 0.314 e. The minimum Gasteiger partial charge on any atom is -0.332 e. The number of nitrogens with one attached hydrogen (secondary N) is 1. The Bertz CT molecular complexity index is 297. The highest BCUT2D eigenvalue weighted by molar-refractivity contribution is 6.63. The minimum absolute atomic E-state index is 0.216. The zero-order valence-corrected chi connectivity index (χ0v) is 7.79. The maximum Gasteiger partial charge on any atom is 0.314 e. The van der Waals surface area contributed by atoms with Gasteiger partial charge in [0.15, 0.2) is 0 Å². The molecule has 3 heteroatoms. The van der Waals surface area contributed by atoms with Crippen LogP contribution < -0.4 is 5.32 Å². The van der Waals surface area contributed by atoms with Crippen molar-refractivity contribution < 1.29 is 4.79 Å². The fraction of sp³-hybridized carbons (Fsp3) is 0.100. The molecule has 0 saturated carbocycles. The molecule has 1 unspecified atom stereocenters. The zero-order valence-electron chi connectivity index (χ0n) is 7.03. The first-order chi connectivity index (χ1) is 6.24.